The van der Waals surface area contributed by atoms with Gasteiger partial charge >= 0.3 is 0 Å². The van der Waals surface area contributed by atoms with E-state index in [1.807, 2.05) is 12.3 Å². The monoisotopic (exact) mass is 293 g/mol. The standard InChI is InChI=1S/C14H19N3O2S/c1-9-7-20-11(16-9)10(18)17-14-4-2-3-13(8-14,5-6-14)12(15)19/h7H,2-6,8H2,1H3,(H2,15,19)(H,17,18)/t13-,14+/m0/s1. The second kappa shape index (κ2) is 4.55. The maximum Gasteiger partial charge on any atom is 0.280 e. The van der Waals surface area contributed by atoms with Crippen LogP contribution in [0.1, 0.15) is 54.0 Å². The number of aryl methyl sites for hydroxylation is 1. The van der Waals surface area contributed by atoms with Gasteiger partial charge in [-0.2, -0.15) is 0 Å². The maximum atomic E-state index is 12.3. The number of nitrogens with zero attached hydrogens (tertiary/aromatic N) is 1. The Morgan fingerprint density at radius 1 is 1.35 bits per heavy atom. The lowest BCUT2D eigenvalue weighted by Gasteiger charge is -2.38. The lowest BCUT2D eigenvalue weighted by atomic mass is 9.72. The Kier molecular flexibility index (Phi) is 3.08. The maximum absolute atomic E-state index is 12.3. The molecule has 3 N–H and O–H groups in total. The molecule has 2 amide bonds. The Morgan fingerprint density at radius 2 is 2.15 bits per heavy atom. The quantitative estimate of drug-likeness (QED) is 0.890. The topological polar surface area (TPSA) is 85.1 Å². The van der Waals surface area contributed by atoms with Crippen molar-refractivity contribution in [3.63, 3.8) is 0 Å². The number of fused-ring (bicyclic) bond motifs is 2. The fourth-order valence-electron chi connectivity index (χ4n) is 3.75. The molecule has 2 bridgehead atoms. The molecule has 0 unspecified atom stereocenters. The Balaban J connectivity index is 1.77. The number of amides is 2. The number of nitrogens with two attached hydrogens (primary N) is 1. The van der Waals surface area contributed by atoms with E-state index in [9.17, 15) is 9.59 Å². The van der Waals surface area contributed by atoms with Crippen LogP contribution in [0.5, 0.6) is 0 Å². The molecule has 0 saturated heterocycles. The molecule has 2 atom stereocenters. The van der Waals surface area contributed by atoms with Gasteiger partial charge in [0.25, 0.3) is 5.91 Å². The van der Waals surface area contributed by atoms with E-state index in [2.05, 4.69) is 10.3 Å². The summed E-state index contributed by atoms with van der Waals surface area (Å²) in [5, 5.41) is 5.50. The summed E-state index contributed by atoms with van der Waals surface area (Å²) < 4.78 is 0. The summed E-state index contributed by atoms with van der Waals surface area (Å²) in [7, 11) is 0. The first kappa shape index (κ1) is 13.5. The molecule has 1 heterocycles. The first-order valence-corrected chi connectivity index (χ1v) is 7.87. The Bertz CT molecular complexity index is 571. The van der Waals surface area contributed by atoms with Crippen molar-refractivity contribution in [2.24, 2.45) is 11.1 Å². The molecule has 0 aliphatic heterocycles. The van der Waals surface area contributed by atoms with Crippen molar-refractivity contribution in [1.29, 1.82) is 0 Å². The molecule has 0 radical (unpaired) electrons. The van der Waals surface area contributed by atoms with E-state index in [1.165, 1.54) is 11.3 Å². The summed E-state index contributed by atoms with van der Waals surface area (Å²) in [6, 6.07) is 0. The number of hydrogen-bond acceptors (Lipinski definition) is 4. The van der Waals surface area contributed by atoms with Crippen LogP contribution >= 0.6 is 11.3 Å². The van der Waals surface area contributed by atoms with Crippen LogP contribution in [0.2, 0.25) is 0 Å². The van der Waals surface area contributed by atoms with Crippen molar-refractivity contribution in [2.75, 3.05) is 0 Å². The van der Waals surface area contributed by atoms with E-state index in [4.69, 9.17) is 5.73 Å². The number of carbonyl (C=O) groups is 2. The van der Waals surface area contributed by atoms with Crippen LogP contribution in [0, 0.1) is 12.3 Å². The van der Waals surface area contributed by atoms with Gasteiger partial charge in [0.2, 0.25) is 5.91 Å². The highest BCUT2D eigenvalue weighted by Gasteiger charge is 2.54. The number of aromatic nitrogens is 1. The Labute approximate surface area is 122 Å². The number of nitrogens with one attached hydrogen (secondary N) is 1. The highest BCUT2D eigenvalue weighted by Crippen LogP contribution is 2.53. The lowest BCUT2D eigenvalue weighted by Crippen LogP contribution is -2.51. The number of thiazole rings is 1. The van der Waals surface area contributed by atoms with Gasteiger partial charge in [0, 0.05) is 16.6 Å². The molecule has 0 aromatic carbocycles. The summed E-state index contributed by atoms with van der Waals surface area (Å²) in [5.41, 5.74) is 5.78. The third kappa shape index (κ3) is 2.12. The van der Waals surface area contributed by atoms with Gasteiger partial charge in [-0.1, -0.05) is 6.42 Å². The van der Waals surface area contributed by atoms with Crippen molar-refractivity contribution in [3.8, 4) is 0 Å². The zero-order valence-electron chi connectivity index (χ0n) is 11.6. The molecule has 3 rings (SSSR count). The summed E-state index contributed by atoms with van der Waals surface area (Å²) in [6.07, 6.45) is 5.05. The SMILES string of the molecule is Cc1csc(C(=O)N[C@]23CCC[C@](C(N)=O)(CC2)C3)n1. The van der Waals surface area contributed by atoms with E-state index in [-0.39, 0.29) is 17.4 Å². The number of hydrogen-bond donors (Lipinski definition) is 2. The molecule has 2 aliphatic carbocycles. The first-order valence-electron chi connectivity index (χ1n) is 6.99. The molecule has 0 spiro atoms. The minimum absolute atomic E-state index is 0.120. The van der Waals surface area contributed by atoms with Gasteiger partial charge in [-0.25, -0.2) is 4.98 Å². The molecule has 2 saturated carbocycles. The molecule has 5 nitrogen and oxygen atoms in total. The molecule has 1 aromatic heterocycles. The van der Waals surface area contributed by atoms with Crippen LogP contribution in [0.3, 0.4) is 0 Å². The average Bonchev–Trinajstić information content (AvgIpc) is 2.93. The molecule has 108 valence electrons. The first-order chi connectivity index (χ1) is 9.45. The van der Waals surface area contributed by atoms with Gasteiger partial charge in [-0.15, -0.1) is 11.3 Å². The van der Waals surface area contributed by atoms with Crippen LogP contribution in [-0.2, 0) is 4.79 Å². The predicted octanol–water partition coefficient (Wildman–Crippen LogP) is 1.76. The molecule has 6 heteroatoms. The molecule has 2 aliphatic rings. The van der Waals surface area contributed by atoms with E-state index in [0.717, 1.165) is 37.8 Å². The van der Waals surface area contributed by atoms with Crippen LogP contribution in [0.25, 0.3) is 0 Å². The van der Waals surface area contributed by atoms with Crippen LogP contribution in [0.4, 0.5) is 0 Å². The minimum Gasteiger partial charge on any atom is -0.369 e. The zero-order chi connectivity index (χ0) is 14.4. The minimum atomic E-state index is -0.398. The van der Waals surface area contributed by atoms with Crippen molar-refractivity contribution < 1.29 is 9.59 Å². The molecule has 1 aromatic rings. The van der Waals surface area contributed by atoms with Crippen molar-refractivity contribution in [1.82, 2.24) is 10.3 Å². The smallest absolute Gasteiger partial charge is 0.280 e. The van der Waals surface area contributed by atoms with E-state index >= 15 is 0 Å². The van der Waals surface area contributed by atoms with Crippen molar-refractivity contribution >= 4 is 23.2 Å². The lowest BCUT2D eigenvalue weighted by molar-refractivity contribution is -0.128. The fourth-order valence-corrected chi connectivity index (χ4v) is 4.44. The van der Waals surface area contributed by atoms with Gasteiger partial charge in [-0.05, 0) is 39.0 Å². The van der Waals surface area contributed by atoms with Crippen LogP contribution in [-0.4, -0.2) is 22.3 Å². The number of carbonyl (C=O) groups excluding carboxylic acids is 2. The molecular weight excluding hydrogens is 274 g/mol. The fraction of sp³-hybridized carbons (Fsp3) is 0.643. The Hall–Kier alpha value is -1.43. The van der Waals surface area contributed by atoms with Gasteiger partial charge in [-0.3, -0.25) is 9.59 Å². The van der Waals surface area contributed by atoms with Gasteiger partial charge in [0.05, 0.1) is 5.41 Å². The third-order valence-corrected chi connectivity index (χ3v) is 5.74. The van der Waals surface area contributed by atoms with Crippen LogP contribution < -0.4 is 11.1 Å². The second-order valence-corrected chi connectivity index (χ2v) is 7.06. The van der Waals surface area contributed by atoms with E-state index in [0.29, 0.717) is 11.4 Å². The van der Waals surface area contributed by atoms with Crippen LogP contribution in [0.15, 0.2) is 5.38 Å². The van der Waals surface area contributed by atoms with Crippen molar-refractivity contribution in [3.05, 3.63) is 16.1 Å². The van der Waals surface area contributed by atoms with Gasteiger partial charge in [0.15, 0.2) is 5.01 Å². The van der Waals surface area contributed by atoms with Crippen molar-refractivity contribution in [2.45, 2.75) is 51.0 Å². The average molecular weight is 293 g/mol. The molecular formula is C14H19N3O2S. The zero-order valence-corrected chi connectivity index (χ0v) is 12.4. The van der Waals surface area contributed by atoms with Gasteiger partial charge < -0.3 is 11.1 Å². The largest absolute Gasteiger partial charge is 0.369 e. The second-order valence-electron chi connectivity index (χ2n) is 6.20. The highest BCUT2D eigenvalue weighted by molar-refractivity contribution is 7.11. The predicted molar refractivity (Wildman–Crippen MR) is 76.4 cm³/mol. The summed E-state index contributed by atoms with van der Waals surface area (Å²) in [6.45, 7) is 1.87. The normalized spacial score (nSPS) is 32.0. The third-order valence-electron chi connectivity index (χ3n) is 4.78. The summed E-state index contributed by atoms with van der Waals surface area (Å²) in [5.74, 6) is -0.330. The van der Waals surface area contributed by atoms with Gasteiger partial charge in [0.1, 0.15) is 0 Å². The number of primary amides is 1. The molecule has 20 heavy (non-hydrogen) atoms. The summed E-state index contributed by atoms with van der Waals surface area (Å²) in [4.78, 5) is 28.3. The number of rotatable bonds is 3. The summed E-state index contributed by atoms with van der Waals surface area (Å²) >= 11 is 1.36. The Morgan fingerprint density at radius 3 is 2.80 bits per heavy atom. The highest BCUT2D eigenvalue weighted by atomic mass is 32.1. The van der Waals surface area contributed by atoms with E-state index in [1.54, 1.807) is 0 Å². The van der Waals surface area contributed by atoms with E-state index < -0.39 is 5.41 Å². The molecule has 2 fully saturated rings.